The molecule has 2 aliphatic rings. The molecule has 0 bridgehead atoms. The zero-order chi connectivity index (χ0) is 11.4. The van der Waals surface area contributed by atoms with Crippen LogP contribution in [0.1, 0.15) is 12.0 Å². The SMILES string of the molecule is Cc1ccc(N2C(=O)C3CC3C2=O)cc1N. The number of hydrogen-bond donors (Lipinski definition) is 1. The number of hydrogen-bond acceptors (Lipinski definition) is 3. The number of fused-ring (bicyclic) bond motifs is 1. The first kappa shape index (κ1) is 9.39. The lowest BCUT2D eigenvalue weighted by atomic mass is 10.1. The summed E-state index contributed by atoms with van der Waals surface area (Å²) >= 11 is 0. The highest BCUT2D eigenvalue weighted by molar-refractivity contribution is 6.24. The molecule has 1 saturated carbocycles. The molecule has 4 nitrogen and oxygen atoms in total. The van der Waals surface area contributed by atoms with Crippen LogP contribution in [0.25, 0.3) is 0 Å². The van der Waals surface area contributed by atoms with Gasteiger partial charge in [0.15, 0.2) is 0 Å². The van der Waals surface area contributed by atoms with Crippen LogP contribution in [0.2, 0.25) is 0 Å². The Hall–Kier alpha value is -1.84. The average molecular weight is 216 g/mol. The summed E-state index contributed by atoms with van der Waals surface area (Å²) in [5.74, 6) is -0.262. The van der Waals surface area contributed by atoms with Crippen molar-refractivity contribution in [2.24, 2.45) is 11.8 Å². The van der Waals surface area contributed by atoms with Gasteiger partial charge in [0.25, 0.3) is 0 Å². The number of nitrogen functional groups attached to an aromatic ring is 1. The number of benzene rings is 1. The Balaban J connectivity index is 2.01. The van der Waals surface area contributed by atoms with Crippen molar-refractivity contribution in [3.8, 4) is 0 Å². The fourth-order valence-corrected chi connectivity index (χ4v) is 2.20. The highest BCUT2D eigenvalue weighted by Crippen LogP contribution is 2.48. The zero-order valence-corrected chi connectivity index (χ0v) is 8.93. The molecule has 2 unspecified atom stereocenters. The predicted molar refractivity (Wildman–Crippen MR) is 59.7 cm³/mol. The molecular weight excluding hydrogens is 204 g/mol. The van der Waals surface area contributed by atoms with Gasteiger partial charge >= 0.3 is 0 Å². The van der Waals surface area contributed by atoms with E-state index in [0.29, 0.717) is 11.4 Å². The third kappa shape index (κ3) is 1.10. The normalized spacial score (nSPS) is 27.2. The van der Waals surface area contributed by atoms with Crippen LogP contribution >= 0.6 is 0 Å². The molecule has 1 aliphatic heterocycles. The monoisotopic (exact) mass is 216 g/mol. The highest BCUT2D eigenvalue weighted by Gasteiger charge is 2.59. The molecule has 2 N–H and O–H groups in total. The molecule has 1 heterocycles. The lowest BCUT2D eigenvalue weighted by Crippen LogP contribution is -2.32. The molecule has 2 amide bonds. The summed E-state index contributed by atoms with van der Waals surface area (Å²) in [5.41, 5.74) is 7.94. The first-order valence-corrected chi connectivity index (χ1v) is 5.33. The number of carbonyl (C=O) groups is 2. The molecule has 82 valence electrons. The van der Waals surface area contributed by atoms with Crippen molar-refractivity contribution < 1.29 is 9.59 Å². The number of nitrogens with two attached hydrogens (primary N) is 1. The first-order chi connectivity index (χ1) is 7.59. The molecule has 0 aromatic heterocycles. The second-order valence-corrected chi connectivity index (χ2v) is 4.50. The molecule has 16 heavy (non-hydrogen) atoms. The summed E-state index contributed by atoms with van der Waals surface area (Å²) in [6, 6.07) is 5.29. The Bertz CT molecular complexity index is 490. The van der Waals surface area contributed by atoms with Crippen LogP contribution in [-0.4, -0.2) is 11.8 Å². The first-order valence-electron chi connectivity index (χ1n) is 5.33. The van der Waals surface area contributed by atoms with Crippen LogP contribution in [0, 0.1) is 18.8 Å². The Kier molecular flexibility index (Phi) is 1.67. The number of carbonyl (C=O) groups excluding carboxylic acids is 2. The Morgan fingerprint density at radius 2 is 1.88 bits per heavy atom. The van der Waals surface area contributed by atoms with Crippen LogP contribution in [0.15, 0.2) is 18.2 Å². The average Bonchev–Trinajstić information content (AvgIpc) is 2.98. The lowest BCUT2D eigenvalue weighted by Gasteiger charge is -2.17. The van der Waals surface area contributed by atoms with Crippen LogP contribution in [-0.2, 0) is 9.59 Å². The van der Waals surface area contributed by atoms with E-state index in [1.807, 2.05) is 13.0 Å². The van der Waals surface area contributed by atoms with Gasteiger partial charge in [-0.25, -0.2) is 4.90 Å². The minimum Gasteiger partial charge on any atom is -0.398 e. The predicted octanol–water partition coefficient (Wildman–Crippen LogP) is 1.09. The van der Waals surface area contributed by atoms with Gasteiger partial charge in [0, 0.05) is 5.69 Å². The van der Waals surface area contributed by atoms with Crippen molar-refractivity contribution >= 4 is 23.2 Å². The number of imide groups is 1. The highest BCUT2D eigenvalue weighted by atomic mass is 16.2. The lowest BCUT2D eigenvalue weighted by molar-refractivity contribution is -0.123. The molecule has 3 rings (SSSR count). The van der Waals surface area contributed by atoms with Crippen LogP contribution in [0.4, 0.5) is 11.4 Å². The van der Waals surface area contributed by atoms with Crippen molar-refractivity contribution in [3.63, 3.8) is 0 Å². The molecule has 1 aliphatic carbocycles. The Morgan fingerprint density at radius 3 is 2.44 bits per heavy atom. The van der Waals surface area contributed by atoms with E-state index in [-0.39, 0.29) is 23.7 Å². The topological polar surface area (TPSA) is 63.4 Å². The molecule has 2 fully saturated rings. The standard InChI is InChI=1S/C12H12N2O2/c1-6-2-3-7(4-10(6)13)14-11(15)8-5-9(8)12(14)16/h2-4,8-9H,5,13H2,1H3. The molecule has 1 saturated heterocycles. The van der Waals surface area contributed by atoms with E-state index in [4.69, 9.17) is 5.73 Å². The van der Waals surface area contributed by atoms with Crippen molar-refractivity contribution in [3.05, 3.63) is 23.8 Å². The Morgan fingerprint density at radius 1 is 1.25 bits per heavy atom. The molecular formula is C12H12N2O2. The zero-order valence-electron chi connectivity index (χ0n) is 8.93. The minimum atomic E-state index is -0.0711. The van der Waals surface area contributed by atoms with Gasteiger partial charge in [0.2, 0.25) is 11.8 Å². The van der Waals surface area contributed by atoms with Crippen molar-refractivity contribution in [1.29, 1.82) is 0 Å². The van der Waals surface area contributed by atoms with Gasteiger partial charge in [0.05, 0.1) is 17.5 Å². The van der Waals surface area contributed by atoms with Gasteiger partial charge in [-0.05, 0) is 31.0 Å². The fraction of sp³-hybridized carbons (Fsp3) is 0.333. The summed E-state index contributed by atoms with van der Waals surface area (Å²) in [6.45, 7) is 1.89. The van der Waals surface area contributed by atoms with Gasteiger partial charge in [-0.15, -0.1) is 0 Å². The van der Waals surface area contributed by atoms with Gasteiger partial charge in [-0.1, -0.05) is 6.07 Å². The molecule has 2 atom stereocenters. The number of aryl methyl sites for hydroxylation is 1. The maximum absolute atomic E-state index is 11.8. The number of amides is 2. The maximum Gasteiger partial charge on any atom is 0.237 e. The summed E-state index contributed by atoms with van der Waals surface area (Å²) in [6.07, 6.45) is 0.732. The van der Waals surface area contributed by atoms with Crippen LogP contribution in [0.5, 0.6) is 0 Å². The minimum absolute atomic E-state index is 0.0602. The molecule has 1 aromatic carbocycles. The number of rotatable bonds is 1. The second kappa shape index (κ2) is 2.84. The smallest absolute Gasteiger partial charge is 0.237 e. The third-order valence-electron chi connectivity index (χ3n) is 3.39. The molecule has 0 spiro atoms. The van der Waals surface area contributed by atoms with Crippen molar-refractivity contribution in [2.75, 3.05) is 10.6 Å². The van der Waals surface area contributed by atoms with E-state index in [0.717, 1.165) is 12.0 Å². The summed E-state index contributed by atoms with van der Waals surface area (Å²) < 4.78 is 0. The van der Waals surface area contributed by atoms with E-state index in [1.165, 1.54) is 4.90 Å². The largest absolute Gasteiger partial charge is 0.398 e. The summed E-state index contributed by atoms with van der Waals surface area (Å²) in [4.78, 5) is 24.9. The summed E-state index contributed by atoms with van der Waals surface area (Å²) in [5, 5.41) is 0. The fourth-order valence-electron chi connectivity index (χ4n) is 2.20. The van der Waals surface area contributed by atoms with E-state index < -0.39 is 0 Å². The van der Waals surface area contributed by atoms with Crippen molar-refractivity contribution in [1.82, 2.24) is 0 Å². The number of anilines is 2. The van der Waals surface area contributed by atoms with Gasteiger partial charge in [0.1, 0.15) is 0 Å². The van der Waals surface area contributed by atoms with Crippen LogP contribution < -0.4 is 10.6 Å². The third-order valence-corrected chi connectivity index (χ3v) is 3.39. The molecule has 4 heteroatoms. The van der Waals surface area contributed by atoms with Gasteiger partial charge in [-0.2, -0.15) is 0 Å². The number of piperidine rings is 1. The summed E-state index contributed by atoms with van der Waals surface area (Å²) in [7, 11) is 0. The molecule has 0 radical (unpaired) electrons. The van der Waals surface area contributed by atoms with Crippen LogP contribution in [0.3, 0.4) is 0 Å². The van der Waals surface area contributed by atoms with Gasteiger partial charge < -0.3 is 5.73 Å². The van der Waals surface area contributed by atoms with Gasteiger partial charge in [-0.3, -0.25) is 9.59 Å². The van der Waals surface area contributed by atoms with E-state index >= 15 is 0 Å². The quantitative estimate of drug-likeness (QED) is 0.564. The van der Waals surface area contributed by atoms with E-state index in [1.54, 1.807) is 12.1 Å². The van der Waals surface area contributed by atoms with E-state index in [2.05, 4.69) is 0 Å². The number of nitrogens with zero attached hydrogens (tertiary/aromatic N) is 1. The van der Waals surface area contributed by atoms with E-state index in [9.17, 15) is 9.59 Å². The maximum atomic E-state index is 11.8. The Labute approximate surface area is 93.0 Å². The molecule has 1 aromatic rings. The van der Waals surface area contributed by atoms with Crippen molar-refractivity contribution in [2.45, 2.75) is 13.3 Å². The second-order valence-electron chi connectivity index (χ2n) is 4.50.